The number of hydrogen-bond donors (Lipinski definition) is 3. The van der Waals surface area contributed by atoms with Crippen LogP contribution in [0.2, 0.25) is 0 Å². The molecule has 0 saturated carbocycles. The number of amides is 1. The molecule has 1 heterocycles. The summed E-state index contributed by atoms with van der Waals surface area (Å²) >= 11 is 3.32. The molecular formula is C28H32BrFN4O5S. The van der Waals surface area contributed by atoms with Crippen molar-refractivity contribution in [2.75, 3.05) is 22.9 Å². The molecule has 0 fully saturated rings. The van der Waals surface area contributed by atoms with Crippen molar-refractivity contribution < 1.29 is 27.8 Å². The molecule has 3 N–H and O–H groups in total. The molecule has 214 valence electrons. The van der Waals surface area contributed by atoms with Crippen molar-refractivity contribution in [2.45, 2.75) is 44.8 Å². The smallest absolute Gasteiger partial charge is 0.239 e. The van der Waals surface area contributed by atoms with Crippen LogP contribution < -0.4 is 9.62 Å². The summed E-state index contributed by atoms with van der Waals surface area (Å²) in [6.07, 6.45) is 1.54. The highest BCUT2D eigenvalue weighted by atomic mass is 79.9. The first-order chi connectivity index (χ1) is 18.7. The van der Waals surface area contributed by atoms with E-state index in [1.165, 1.54) is 37.4 Å². The van der Waals surface area contributed by atoms with E-state index in [0.29, 0.717) is 28.2 Å². The molecule has 1 amide bonds. The number of sulfonamides is 1. The predicted octanol–water partition coefficient (Wildman–Crippen LogP) is 4.72. The van der Waals surface area contributed by atoms with E-state index in [1.54, 1.807) is 30.3 Å². The third kappa shape index (κ3) is 8.65. The van der Waals surface area contributed by atoms with Gasteiger partial charge in [-0.15, -0.1) is 0 Å². The minimum absolute atomic E-state index is 0.0459. The molecule has 12 heteroatoms. The molecule has 2 aromatic carbocycles. The number of benzene rings is 2. The van der Waals surface area contributed by atoms with E-state index >= 15 is 0 Å². The lowest BCUT2D eigenvalue weighted by Crippen LogP contribution is -2.27. The van der Waals surface area contributed by atoms with Crippen molar-refractivity contribution in [1.29, 1.82) is 0 Å². The summed E-state index contributed by atoms with van der Waals surface area (Å²) < 4.78 is 39.9. The SMILES string of the molecule is CC(C)c1nc(N(C)S(C)(=O)=O)nc(-c2ccc(F)cc2)c1/C=C/[C@@H](O)C[C@@H](O)CC(=O)Nc1ccc(Br)cc1. The van der Waals surface area contributed by atoms with Crippen molar-refractivity contribution in [1.82, 2.24) is 9.97 Å². The first-order valence-electron chi connectivity index (χ1n) is 12.5. The van der Waals surface area contributed by atoms with Gasteiger partial charge >= 0.3 is 0 Å². The Bertz CT molecular complexity index is 1470. The maximum Gasteiger partial charge on any atom is 0.239 e. The zero-order valence-corrected chi connectivity index (χ0v) is 24.9. The Morgan fingerprint density at radius 3 is 2.30 bits per heavy atom. The largest absolute Gasteiger partial charge is 0.392 e. The van der Waals surface area contributed by atoms with Crippen molar-refractivity contribution in [3.8, 4) is 11.3 Å². The van der Waals surface area contributed by atoms with Crippen molar-refractivity contribution >= 4 is 49.6 Å². The third-order valence-electron chi connectivity index (χ3n) is 5.95. The number of hydrogen-bond acceptors (Lipinski definition) is 7. The van der Waals surface area contributed by atoms with Crippen molar-refractivity contribution in [3.05, 3.63) is 76.2 Å². The number of halogens is 2. The van der Waals surface area contributed by atoms with Gasteiger partial charge in [0.15, 0.2) is 0 Å². The van der Waals surface area contributed by atoms with Crippen LogP contribution in [0.3, 0.4) is 0 Å². The molecule has 40 heavy (non-hydrogen) atoms. The van der Waals surface area contributed by atoms with Gasteiger partial charge in [0.25, 0.3) is 0 Å². The topological polar surface area (TPSA) is 133 Å². The zero-order valence-electron chi connectivity index (χ0n) is 22.5. The maximum absolute atomic E-state index is 13.7. The molecule has 0 radical (unpaired) electrons. The van der Waals surface area contributed by atoms with Crippen LogP contribution in [0.1, 0.15) is 43.9 Å². The van der Waals surface area contributed by atoms with Gasteiger partial charge in [0, 0.05) is 34.8 Å². The van der Waals surface area contributed by atoms with Gasteiger partial charge in [-0.2, -0.15) is 0 Å². The Kier molecular flexibility index (Phi) is 10.5. The molecular weight excluding hydrogens is 603 g/mol. The number of aliphatic hydroxyl groups is 2. The van der Waals surface area contributed by atoms with Crippen molar-refractivity contribution in [2.24, 2.45) is 0 Å². The van der Waals surface area contributed by atoms with Gasteiger partial charge < -0.3 is 15.5 Å². The molecule has 0 bridgehead atoms. The average molecular weight is 636 g/mol. The summed E-state index contributed by atoms with van der Waals surface area (Å²) in [6.45, 7) is 3.76. The van der Waals surface area contributed by atoms with Crippen LogP contribution >= 0.6 is 15.9 Å². The predicted molar refractivity (Wildman–Crippen MR) is 158 cm³/mol. The molecule has 0 spiro atoms. The van der Waals surface area contributed by atoms with Gasteiger partial charge in [0.05, 0.1) is 36.3 Å². The lowest BCUT2D eigenvalue weighted by atomic mass is 9.97. The second-order valence-corrected chi connectivity index (χ2v) is 12.6. The van der Waals surface area contributed by atoms with Crippen LogP contribution in [-0.4, -0.2) is 60.0 Å². The van der Waals surface area contributed by atoms with Crippen molar-refractivity contribution in [3.63, 3.8) is 0 Å². The lowest BCUT2D eigenvalue weighted by Gasteiger charge is -2.20. The summed E-state index contributed by atoms with van der Waals surface area (Å²) in [5.74, 6) is -1.05. The van der Waals surface area contributed by atoms with E-state index < -0.39 is 34.0 Å². The van der Waals surface area contributed by atoms with Crippen LogP contribution in [0.15, 0.2) is 59.1 Å². The second kappa shape index (κ2) is 13.4. The Labute approximate surface area is 242 Å². The minimum atomic E-state index is -3.66. The van der Waals surface area contributed by atoms with Gasteiger partial charge in [0.2, 0.25) is 21.9 Å². The van der Waals surface area contributed by atoms with E-state index in [-0.39, 0.29) is 24.7 Å². The molecule has 1 aromatic heterocycles. The molecule has 9 nitrogen and oxygen atoms in total. The third-order valence-corrected chi connectivity index (χ3v) is 7.64. The molecule has 0 saturated heterocycles. The van der Waals surface area contributed by atoms with Gasteiger partial charge in [-0.1, -0.05) is 41.9 Å². The molecule has 0 aliphatic carbocycles. The van der Waals surface area contributed by atoms with Crippen LogP contribution in [0.25, 0.3) is 17.3 Å². The number of rotatable bonds is 11. The molecule has 2 atom stereocenters. The molecule has 3 rings (SSSR count). The number of nitrogens with one attached hydrogen (secondary N) is 1. The second-order valence-electron chi connectivity index (χ2n) is 9.64. The van der Waals surface area contributed by atoms with E-state index in [1.807, 2.05) is 13.8 Å². The van der Waals surface area contributed by atoms with E-state index in [2.05, 4.69) is 31.2 Å². The highest BCUT2D eigenvalue weighted by molar-refractivity contribution is 9.10. The molecule has 0 unspecified atom stereocenters. The summed E-state index contributed by atoms with van der Waals surface area (Å²) in [6, 6.07) is 12.6. The first-order valence-corrected chi connectivity index (χ1v) is 15.1. The molecule has 0 aliphatic heterocycles. The number of aliphatic hydroxyl groups excluding tert-OH is 2. The van der Waals surface area contributed by atoms with Crippen LogP contribution in [0, 0.1) is 5.82 Å². The highest BCUT2D eigenvalue weighted by Crippen LogP contribution is 2.31. The normalized spacial score (nSPS) is 13.4. The molecule has 0 aliphatic rings. The first kappa shape index (κ1) is 31.3. The Balaban J connectivity index is 1.86. The van der Waals surface area contributed by atoms with Gasteiger partial charge in [-0.25, -0.2) is 27.1 Å². The van der Waals surface area contributed by atoms with Crippen LogP contribution in [0.5, 0.6) is 0 Å². The van der Waals surface area contributed by atoms with E-state index in [4.69, 9.17) is 0 Å². The van der Waals surface area contributed by atoms with E-state index in [9.17, 15) is 27.8 Å². The highest BCUT2D eigenvalue weighted by Gasteiger charge is 2.22. The number of carbonyl (C=O) groups excluding carboxylic acids is 1. The summed E-state index contributed by atoms with van der Waals surface area (Å²) in [4.78, 5) is 21.3. The van der Waals surface area contributed by atoms with Gasteiger partial charge in [-0.05, 0) is 54.4 Å². The van der Waals surface area contributed by atoms with Gasteiger partial charge in [0.1, 0.15) is 5.82 Å². The fourth-order valence-electron chi connectivity index (χ4n) is 3.80. The average Bonchev–Trinajstić information content (AvgIpc) is 2.87. The summed E-state index contributed by atoms with van der Waals surface area (Å²) in [5, 5.41) is 23.7. The van der Waals surface area contributed by atoms with Gasteiger partial charge in [-0.3, -0.25) is 4.79 Å². The zero-order chi connectivity index (χ0) is 29.6. The number of anilines is 2. The fourth-order valence-corrected chi connectivity index (χ4v) is 4.45. The Morgan fingerprint density at radius 1 is 1.10 bits per heavy atom. The monoisotopic (exact) mass is 634 g/mol. The number of nitrogens with zero attached hydrogens (tertiary/aromatic N) is 3. The van der Waals surface area contributed by atoms with Crippen LogP contribution in [-0.2, 0) is 14.8 Å². The standard InChI is InChI=1S/C28H32BrFN4O5S/c1-17(2)26-24(14-13-22(35)15-23(36)16-25(37)31-21-11-7-19(29)8-12-21)27(18-5-9-20(30)10-6-18)33-28(32-26)34(3)40(4,38)39/h5-14,17,22-23,35-36H,15-16H2,1-4H3,(H,31,37)/b14-13+/t22-,23-/m1/s1. The van der Waals surface area contributed by atoms with Crippen LogP contribution in [0.4, 0.5) is 16.0 Å². The fraction of sp³-hybridized carbons (Fsp3) is 0.321. The number of carbonyl (C=O) groups is 1. The maximum atomic E-state index is 13.7. The number of aromatic nitrogens is 2. The quantitative estimate of drug-likeness (QED) is 0.278. The molecule has 3 aromatic rings. The minimum Gasteiger partial charge on any atom is -0.392 e. The van der Waals surface area contributed by atoms with E-state index in [0.717, 1.165) is 15.0 Å². The summed E-state index contributed by atoms with van der Waals surface area (Å²) in [7, 11) is -2.32. The Hall–Kier alpha value is -3.19. The lowest BCUT2D eigenvalue weighted by molar-refractivity contribution is -0.118. The Morgan fingerprint density at radius 2 is 1.73 bits per heavy atom. The summed E-state index contributed by atoms with van der Waals surface area (Å²) in [5.41, 5.74) is 2.47.